The monoisotopic (exact) mass is 544 g/mol. The van der Waals surface area contributed by atoms with Gasteiger partial charge < -0.3 is 19.8 Å². The van der Waals surface area contributed by atoms with Crippen molar-refractivity contribution >= 4 is 34.2 Å². The Balaban J connectivity index is 0.000000404. The number of nitrogens with zero attached hydrogens (tertiary/aromatic N) is 4. The van der Waals surface area contributed by atoms with Gasteiger partial charge in [-0.3, -0.25) is 20.0 Å². The third kappa shape index (κ3) is 10.0. The first kappa shape index (κ1) is 31.3. The molecule has 1 saturated heterocycles. The minimum Gasteiger partial charge on any atom is -0.475 e. The second-order valence-corrected chi connectivity index (χ2v) is 7.19. The summed E-state index contributed by atoms with van der Waals surface area (Å²) in [4.78, 5) is 37.6. The number of piperazine rings is 1. The molecule has 0 aliphatic carbocycles. The Bertz CT molecular complexity index is 1050. The van der Waals surface area contributed by atoms with E-state index in [4.69, 9.17) is 24.5 Å². The van der Waals surface area contributed by atoms with Crippen LogP contribution in [0.1, 0.15) is 0 Å². The van der Waals surface area contributed by atoms with Gasteiger partial charge in [-0.05, 0) is 18.2 Å². The quantitative estimate of drug-likeness (QED) is 0.327. The number of halogens is 6. The standard InChI is InChI=1S/C16H20N4O3.2C2HF3O2/c1-23-12-11-18-7-9-19(10-8-18)15-5-4-14(20(21)22)13-3-2-6-17-16(13)15;2*3-2(4,5)1(6)7/h2-6H,7-12H2,1H3;2*(H,6,7). The Morgan fingerprint density at radius 1 is 1.03 bits per heavy atom. The summed E-state index contributed by atoms with van der Waals surface area (Å²) in [5.74, 6) is -5.51. The number of hydrogen-bond acceptors (Lipinski definition) is 8. The SMILES string of the molecule is COCCN1CCN(c2ccc([N+](=O)[O-])c3cccnc23)CC1.O=C(O)C(F)(F)F.O=C(O)C(F)(F)F. The number of benzene rings is 1. The zero-order valence-corrected chi connectivity index (χ0v) is 19.1. The molecule has 3 rings (SSSR count). The second kappa shape index (κ2) is 13.5. The van der Waals surface area contributed by atoms with E-state index in [9.17, 15) is 36.5 Å². The topological polar surface area (TPSA) is 146 Å². The van der Waals surface area contributed by atoms with Gasteiger partial charge in [-0.1, -0.05) is 0 Å². The van der Waals surface area contributed by atoms with Crippen molar-refractivity contribution in [1.82, 2.24) is 9.88 Å². The van der Waals surface area contributed by atoms with Crippen LogP contribution in [0.3, 0.4) is 0 Å². The van der Waals surface area contributed by atoms with E-state index < -0.39 is 24.3 Å². The normalized spacial score (nSPS) is 14.2. The number of rotatable bonds is 5. The minimum atomic E-state index is -5.08. The number of anilines is 1. The summed E-state index contributed by atoms with van der Waals surface area (Å²) in [6.45, 7) is 5.34. The molecule has 0 saturated carbocycles. The van der Waals surface area contributed by atoms with Gasteiger partial charge >= 0.3 is 24.3 Å². The highest BCUT2D eigenvalue weighted by Crippen LogP contribution is 2.32. The number of carboxylic acids is 2. The van der Waals surface area contributed by atoms with Crippen LogP contribution in [-0.4, -0.2) is 95.8 Å². The Morgan fingerprint density at radius 3 is 1.97 bits per heavy atom. The number of alkyl halides is 6. The van der Waals surface area contributed by atoms with Crippen molar-refractivity contribution in [1.29, 1.82) is 0 Å². The van der Waals surface area contributed by atoms with Crippen LogP contribution in [0.25, 0.3) is 10.9 Å². The zero-order valence-electron chi connectivity index (χ0n) is 19.1. The highest BCUT2D eigenvalue weighted by atomic mass is 19.4. The van der Waals surface area contributed by atoms with Crippen molar-refractivity contribution in [2.75, 3.05) is 51.3 Å². The number of methoxy groups -OCH3 is 1. The van der Waals surface area contributed by atoms with E-state index in [0.29, 0.717) is 10.9 Å². The fourth-order valence-electron chi connectivity index (χ4n) is 2.99. The van der Waals surface area contributed by atoms with Gasteiger partial charge in [0.25, 0.3) is 5.69 Å². The van der Waals surface area contributed by atoms with Crippen LogP contribution in [0, 0.1) is 10.1 Å². The van der Waals surface area contributed by atoms with Crippen molar-refractivity contribution in [2.45, 2.75) is 12.4 Å². The van der Waals surface area contributed by atoms with E-state index in [0.717, 1.165) is 45.0 Å². The van der Waals surface area contributed by atoms with Crippen LogP contribution in [0.5, 0.6) is 0 Å². The molecule has 0 radical (unpaired) electrons. The van der Waals surface area contributed by atoms with Gasteiger partial charge in [0.1, 0.15) is 5.52 Å². The second-order valence-electron chi connectivity index (χ2n) is 7.19. The van der Waals surface area contributed by atoms with Crippen molar-refractivity contribution < 1.29 is 55.8 Å². The number of aromatic nitrogens is 1. The number of ether oxygens (including phenoxy) is 1. The molecule has 206 valence electrons. The Hall–Kier alpha value is -3.73. The molecule has 11 nitrogen and oxygen atoms in total. The van der Waals surface area contributed by atoms with Crippen LogP contribution >= 0.6 is 0 Å². The first-order chi connectivity index (χ1) is 17.1. The number of pyridine rings is 1. The third-order valence-electron chi connectivity index (χ3n) is 4.73. The van der Waals surface area contributed by atoms with Crippen molar-refractivity contribution in [2.24, 2.45) is 0 Å². The average Bonchev–Trinajstić information content (AvgIpc) is 2.82. The Morgan fingerprint density at radius 2 is 1.54 bits per heavy atom. The number of hydrogen-bond donors (Lipinski definition) is 2. The van der Waals surface area contributed by atoms with Gasteiger partial charge in [0.2, 0.25) is 0 Å². The lowest BCUT2D eigenvalue weighted by molar-refractivity contribution is -0.383. The molecule has 2 heterocycles. The summed E-state index contributed by atoms with van der Waals surface area (Å²) >= 11 is 0. The number of nitro groups is 1. The summed E-state index contributed by atoms with van der Waals surface area (Å²) in [5.41, 5.74) is 1.78. The molecule has 2 aromatic rings. The van der Waals surface area contributed by atoms with Gasteiger partial charge in [0.05, 0.1) is 22.6 Å². The summed E-state index contributed by atoms with van der Waals surface area (Å²) in [6.07, 6.45) is -8.48. The highest BCUT2D eigenvalue weighted by molar-refractivity contribution is 5.97. The predicted octanol–water partition coefficient (Wildman–Crippen LogP) is 3.18. The smallest absolute Gasteiger partial charge is 0.475 e. The van der Waals surface area contributed by atoms with Crippen LogP contribution < -0.4 is 4.90 Å². The van der Waals surface area contributed by atoms with E-state index in [1.165, 1.54) is 0 Å². The van der Waals surface area contributed by atoms with Gasteiger partial charge in [0, 0.05) is 52.1 Å². The van der Waals surface area contributed by atoms with Crippen molar-refractivity contribution in [3.8, 4) is 0 Å². The number of fused-ring (bicyclic) bond motifs is 1. The molecule has 37 heavy (non-hydrogen) atoms. The van der Waals surface area contributed by atoms with Gasteiger partial charge in [-0.15, -0.1) is 0 Å². The number of aliphatic carboxylic acids is 2. The minimum absolute atomic E-state index is 0.107. The lowest BCUT2D eigenvalue weighted by Gasteiger charge is -2.36. The molecule has 1 aromatic carbocycles. The van der Waals surface area contributed by atoms with Crippen LogP contribution in [-0.2, 0) is 14.3 Å². The molecule has 0 amide bonds. The summed E-state index contributed by atoms with van der Waals surface area (Å²) < 4.78 is 68.6. The van der Waals surface area contributed by atoms with E-state index in [1.807, 2.05) is 6.07 Å². The molecule has 0 unspecified atom stereocenters. The number of carboxylic acid groups (broad SMARTS) is 2. The lowest BCUT2D eigenvalue weighted by atomic mass is 10.1. The molecule has 1 fully saturated rings. The summed E-state index contributed by atoms with van der Waals surface area (Å²) in [5, 5.41) is 26.0. The first-order valence-corrected chi connectivity index (χ1v) is 10.2. The molecular weight excluding hydrogens is 522 g/mol. The lowest BCUT2D eigenvalue weighted by Crippen LogP contribution is -2.47. The molecule has 0 bridgehead atoms. The van der Waals surface area contributed by atoms with Crippen LogP contribution in [0.15, 0.2) is 30.5 Å². The molecule has 0 atom stereocenters. The molecule has 2 N–H and O–H groups in total. The number of carbonyl (C=O) groups is 2. The predicted molar refractivity (Wildman–Crippen MR) is 116 cm³/mol. The average molecular weight is 544 g/mol. The largest absolute Gasteiger partial charge is 0.490 e. The molecule has 1 aliphatic rings. The molecule has 17 heteroatoms. The van der Waals surface area contributed by atoms with Gasteiger partial charge in [0.15, 0.2) is 0 Å². The molecule has 0 spiro atoms. The first-order valence-electron chi connectivity index (χ1n) is 10.2. The van der Waals surface area contributed by atoms with Crippen molar-refractivity contribution in [3.05, 3.63) is 40.6 Å². The fourth-order valence-corrected chi connectivity index (χ4v) is 2.99. The van der Waals surface area contributed by atoms with E-state index in [-0.39, 0.29) is 10.6 Å². The Labute approximate surface area is 205 Å². The molecule has 1 aromatic heterocycles. The highest BCUT2D eigenvalue weighted by Gasteiger charge is 2.38. The third-order valence-corrected chi connectivity index (χ3v) is 4.73. The number of nitro benzene ring substituents is 1. The molecular formula is C20H22F6N4O7. The summed E-state index contributed by atoms with van der Waals surface area (Å²) in [6, 6.07) is 6.90. The maximum Gasteiger partial charge on any atom is 0.490 e. The van der Waals surface area contributed by atoms with E-state index >= 15 is 0 Å². The van der Waals surface area contributed by atoms with Crippen molar-refractivity contribution in [3.63, 3.8) is 0 Å². The van der Waals surface area contributed by atoms with E-state index in [1.54, 1.807) is 31.5 Å². The van der Waals surface area contributed by atoms with Gasteiger partial charge in [-0.2, -0.15) is 26.3 Å². The number of non-ortho nitro benzene ring substituents is 1. The van der Waals surface area contributed by atoms with Gasteiger partial charge in [-0.25, -0.2) is 9.59 Å². The maximum atomic E-state index is 11.2. The zero-order chi connectivity index (χ0) is 28.4. The molecule has 1 aliphatic heterocycles. The van der Waals surface area contributed by atoms with E-state index in [2.05, 4.69) is 14.8 Å². The maximum absolute atomic E-state index is 11.2. The summed E-state index contributed by atoms with van der Waals surface area (Å²) in [7, 11) is 1.71. The van der Waals surface area contributed by atoms with Crippen LogP contribution in [0.2, 0.25) is 0 Å². The fraction of sp³-hybridized carbons (Fsp3) is 0.450. The Kier molecular flexibility index (Phi) is 11.5. The van der Waals surface area contributed by atoms with Crippen LogP contribution in [0.4, 0.5) is 37.7 Å².